The Morgan fingerprint density at radius 1 is 1.07 bits per heavy atom. The van der Waals surface area contributed by atoms with Gasteiger partial charge in [-0.15, -0.1) is 10.2 Å². The van der Waals surface area contributed by atoms with E-state index in [1.54, 1.807) is 24.3 Å². The van der Waals surface area contributed by atoms with Gasteiger partial charge in [0, 0.05) is 28.3 Å². The predicted octanol–water partition coefficient (Wildman–Crippen LogP) is 1.36. The largest absolute Gasteiger partial charge is 0.271 e. The maximum atomic E-state index is 11.9. The summed E-state index contributed by atoms with van der Waals surface area (Å²) < 4.78 is 0. The zero-order chi connectivity index (χ0) is 20.1. The molecule has 1 heterocycles. The van der Waals surface area contributed by atoms with Crippen LogP contribution in [0.5, 0.6) is 0 Å². The van der Waals surface area contributed by atoms with Gasteiger partial charge < -0.3 is 0 Å². The molecule has 0 spiro atoms. The molecule has 0 saturated carbocycles. The van der Waals surface area contributed by atoms with Crippen LogP contribution in [0.4, 0.5) is 5.69 Å². The number of nitro groups is 1. The second kappa shape index (κ2) is 8.22. The number of rotatable bonds is 5. The summed E-state index contributed by atoms with van der Waals surface area (Å²) in [7, 11) is 0. The summed E-state index contributed by atoms with van der Waals surface area (Å²) in [5.41, 5.74) is 5.09. The fourth-order valence-corrected chi connectivity index (χ4v) is 2.25. The molecule has 12 heteroatoms. The van der Waals surface area contributed by atoms with Crippen LogP contribution in [0.1, 0.15) is 10.4 Å². The number of benzene rings is 2. The number of amides is 2. The van der Waals surface area contributed by atoms with Crippen molar-refractivity contribution in [2.24, 2.45) is 0 Å². The summed E-state index contributed by atoms with van der Waals surface area (Å²) in [5.74, 6) is -0.897. The number of carbonyl (C=O) groups excluding carboxylic acids is 2. The third kappa shape index (κ3) is 4.65. The quantitative estimate of drug-likeness (QED) is 0.485. The average molecular weight is 402 g/mol. The number of halogens is 1. The van der Waals surface area contributed by atoms with Crippen LogP contribution in [-0.4, -0.2) is 36.9 Å². The van der Waals surface area contributed by atoms with E-state index in [1.807, 2.05) is 0 Å². The van der Waals surface area contributed by atoms with Gasteiger partial charge in [-0.2, -0.15) is 4.80 Å². The molecule has 142 valence electrons. The molecular weight excluding hydrogens is 390 g/mol. The van der Waals surface area contributed by atoms with E-state index in [-0.39, 0.29) is 17.8 Å². The molecule has 0 radical (unpaired) electrons. The Bertz CT molecular complexity index is 1020. The number of hydrogen-bond donors (Lipinski definition) is 2. The summed E-state index contributed by atoms with van der Waals surface area (Å²) in [6.07, 6.45) is 0. The third-order valence-electron chi connectivity index (χ3n) is 3.50. The minimum Gasteiger partial charge on any atom is -0.271 e. The van der Waals surface area contributed by atoms with Gasteiger partial charge in [0.25, 0.3) is 17.5 Å². The van der Waals surface area contributed by atoms with Crippen molar-refractivity contribution in [1.82, 2.24) is 31.1 Å². The Balaban J connectivity index is 1.53. The number of tetrazole rings is 1. The van der Waals surface area contributed by atoms with Crippen molar-refractivity contribution in [2.45, 2.75) is 6.54 Å². The Morgan fingerprint density at radius 2 is 1.75 bits per heavy atom. The molecule has 2 aromatic carbocycles. The smallest absolute Gasteiger partial charge is 0.269 e. The number of nitro benzene ring substituents is 1. The van der Waals surface area contributed by atoms with Gasteiger partial charge in [-0.05, 0) is 41.6 Å². The highest BCUT2D eigenvalue weighted by molar-refractivity contribution is 6.30. The Kier molecular flexibility index (Phi) is 5.56. The van der Waals surface area contributed by atoms with E-state index in [0.29, 0.717) is 16.4 Å². The van der Waals surface area contributed by atoms with Crippen molar-refractivity contribution in [2.75, 3.05) is 0 Å². The second-order valence-corrected chi connectivity index (χ2v) is 5.89. The van der Waals surface area contributed by atoms with E-state index in [9.17, 15) is 19.7 Å². The molecule has 0 atom stereocenters. The normalized spacial score (nSPS) is 10.3. The molecule has 28 heavy (non-hydrogen) atoms. The lowest BCUT2D eigenvalue weighted by Crippen LogP contribution is -2.43. The molecule has 11 nitrogen and oxygen atoms in total. The number of nitrogens with zero attached hydrogens (tertiary/aromatic N) is 5. The third-order valence-corrected chi connectivity index (χ3v) is 3.75. The van der Waals surface area contributed by atoms with Crippen LogP contribution in [0.15, 0.2) is 48.5 Å². The van der Waals surface area contributed by atoms with E-state index >= 15 is 0 Å². The number of hydrazine groups is 1. The lowest BCUT2D eigenvalue weighted by atomic mass is 10.2. The Labute approximate surface area is 162 Å². The number of aromatic nitrogens is 4. The van der Waals surface area contributed by atoms with Crippen LogP contribution in [0, 0.1) is 10.1 Å². The van der Waals surface area contributed by atoms with Gasteiger partial charge in [0.05, 0.1) is 4.92 Å². The summed E-state index contributed by atoms with van der Waals surface area (Å²) in [5, 5.41) is 22.9. The Hall–Kier alpha value is -3.86. The molecule has 2 amide bonds. The maximum Gasteiger partial charge on any atom is 0.269 e. The van der Waals surface area contributed by atoms with Gasteiger partial charge in [0.1, 0.15) is 6.54 Å². The average Bonchev–Trinajstić information content (AvgIpc) is 3.15. The summed E-state index contributed by atoms with van der Waals surface area (Å²) in [4.78, 5) is 35.0. The standard InChI is InChI=1S/C16H12ClN7O4/c17-12-5-1-10(2-6-12)15-19-22-23(21-15)9-14(25)18-20-16(26)11-3-7-13(8-4-11)24(27)28/h1-8H,9H2,(H,18,25)(H,20,26). The van der Waals surface area contributed by atoms with Gasteiger partial charge in [-0.1, -0.05) is 11.6 Å². The SMILES string of the molecule is O=C(Cn1nnc(-c2ccc(Cl)cc2)n1)NNC(=O)c1ccc([N+](=O)[O-])cc1. The minimum absolute atomic E-state index is 0.144. The van der Waals surface area contributed by atoms with Crippen molar-refractivity contribution in [1.29, 1.82) is 0 Å². The summed E-state index contributed by atoms with van der Waals surface area (Å²) in [6, 6.07) is 11.7. The number of nitrogens with one attached hydrogen (secondary N) is 2. The predicted molar refractivity (Wildman–Crippen MR) is 97.0 cm³/mol. The van der Waals surface area contributed by atoms with Crippen molar-refractivity contribution in [3.8, 4) is 11.4 Å². The van der Waals surface area contributed by atoms with Crippen molar-refractivity contribution >= 4 is 29.1 Å². The molecule has 0 fully saturated rings. The van der Waals surface area contributed by atoms with Crippen molar-refractivity contribution < 1.29 is 14.5 Å². The fraction of sp³-hybridized carbons (Fsp3) is 0.0625. The monoisotopic (exact) mass is 401 g/mol. The molecule has 3 rings (SSSR count). The van der Waals surface area contributed by atoms with Gasteiger partial charge in [-0.3, -0.25) is 30.6 Å². The van der Waals surface area contributed by atoms with E-state index in [2.05, 4.69) is 26.3 Å². The molecule has 2 N–H and O–H groups in total. The van der Waals surface area contributed by atoms with Crippen LogP contribution in [0.25, 0.3) is 11.4 Å². The fourth-order valence-electron chi connectivity index (χ4n) is 2.13. The van der Waals surface area contributed by atoms with Gasteiger partial charge >= 0.3 is 0 Å². The van der Waals surface area contributed by atoms with E-state index in [0.717, 1.165) is 4.80 Å². The highest BCUT2D eigenvalue weighted by Gasteiger charge is 2.12. The molecule has 1 aromatic heterocycles. The minimum atomic E-state index is -0.628. The number of non-ortho nitro benzene ring substituents is 1. The first kappa shape index (κ1) is 18.9. The lowest BCUT2D eigenvalue weighted by molar-refractivity contribution is -0.384. The molecule has 0 aliphatic heterocycles. The first-order valence-corrected chi connectivity index (χ1v) is 8.17. The highest BCUT2D eigenvalue weighted by atomic mass is 35.5. The van der Waals surface area contributed by atoms with Crippen molar-refractivity contribution in [3.63, 3.8) is 0 Å². The molecule has 0 saturated heterocycles. The molecule has 3 aromatic rings. The number of hydrogen-bond acceptors (Lipinski definition) is 7. The van der Waals surface area contributed by atoms with Gasteiger partial charge in [0.15, 0.2) is 0 Å². The van der Waals surface area contributed by atoms with Gasteiger partial charge in [0.2, 0.25) is 5.82 Å². The lowest BCUT2D eigenvalue weighted by Gasteiger charge is -2.06. The summed E-state index contributed by atoms with van der Waals surface area (Å²) in [6.45, 7) is -0.277. The van der Waals surface area contributed by atoms with Gasteiger partial charge in [-0.25, -0.2) is 0 Å². The molecule has 0 unspecified atom stereocenters. The second-order valence-electron chi connectivity index (χ2n) is 5.46. The zero-order valence-corrected chi connectivity index (χ0v) is 14.8. The number of carbonyl (C=O) groups is 2. The molecular formula is C16H12ClN7O4. The van der Waals surface area contributed by atoms with Crippen LogP contribution < -0.4 is 10.9 Å². The molecule has 0 bridgehead atoms. The van der Waals surface area contributed by atoms with Crippen LogP contribution in [-0.2, 0) is 11.3 Å². The first-order chi connectivity index (χ1) is 13.4. The molecule has 0 aliphatic rings. The maximum absolute atomic E-state index is 11.9. The Morgan fingerprint density at radius 3 is 2.39 bits per heavy atom. The topological polar surface area (TPSA) is 145 Å². The highest BCUT2D eigenvalue weighted by Crippen LogP contribution is 2.16. The van der Waals surface area contributed by atoms with Crippen molar-refractivity contribution in [3.05, 3.63) is 69.2 Å². The zero-order valence-electron chi connectivity index (χ0n) is 14.1. The van der Waals surface area contributed by atoms with E-state index < -0.39 is 16.7 Å². The molecule has 0 aliphatic carbocycles. The van der Waals surface area contributed by atoms with Crippen LogP contribution >= 0.6 is 11.6 Å². The van der Waals surface area contributed by atoms with E-state index in [4.69, 9.17) is 11.6 Å². The van der Waals surface area contributed by atoms with Crippen LogP contribution in [0.3, 0.4) is 0 Å². The van der Waals surface area contributed by atoms with E-state index in [1.165, 1.54) is 24.3 Å². The first-order valence-electron chi connectivity index (χ1n) is 7.80. The summed E-state index contributed by atoms with van der Waals surface area (Å²) >= 11 is 5.82. The van der Waals surface area contributed by atoms with Crippen LogP contribution in [0.2, 0.25) is 5.02 Å².